The van der Waals surface area contributed by atoms with E-state index in [9.17, 15) is 9.59 Å². The van der Waals surface area contributed by atoms with Crippen LogP contribution in [0.1, 0.15) is 21.0 Å². The van der Waals surface area contributed by atoms with Crippen LogP contribution in [0.5, 0.6) is 0 Å². The fourth-order valence-corrected chi connectivity index (χ4v) is 2.54. The number of rotatable bonds is 7. The Morgan fingerprint density at radius 2 is 2.20 bits per heavy atom. The first-order valence-electron chi connectivity index (χ1n) is 7.19. The van der Waals surface area contributed by atoms with Crippen molar-refractivity contribution in [2.45, 2.75) is 5.16 Å². The molecule has 10 nitrogen and oxygen atoms in total. The van der Waals surface area contributed by atoms with Gasteiger partial charge in [0.2, 0.25) is 0 Å². The Morgan fingerprint density at radius 1 is 1.32 bits per heavy atom. The Labute approximate surface area is 146 Å². The predicted molar refractivity (Wildman–Crippen MR) is 87.2 cm³/mol. The fraction of sp³-hybridized carbons (Fsp3) is 0.214. The van der Waals surface area contributed by atoms with Gasteiger partial charge in [0.1, 0.15) is 12.6 Å². The number of amides is 2. The molecule has 11 heteroatoms. The molecule has 0 atom stereocenters. The Morgan fingerprint density at radius 3 is 2.92 bits per heavy atom. The van der Waals surface area contributed by atoms with Crippen LogP contribution in [0.25, 0.3) is 0 Å². The van der Waals surface area contributed by atoms with Crippen molar-refractivity contribution in [3.8, 4) is 0 Å². The monoisotopic (exact) mass is 362 g/mol. The lowest BCUT2D eigenvalue weighted by molar-refractivity contribution is 0.0949. The summed E-state index contributed by atoms with van der Waals surface area (Å²) >= 11 is 1.47. The van der Waals surface area contributed by atoms with Crippen LogP contribution in [0.2, 0.25) is 0 Å². The summed E-state index contributed by atoms with van der Waals surface area (Å²) in [5, 5.41) is 13.6. The van der Waals surface area contributed by atoms with Gasteiger partial charge in [-0.05, 0) is 12.1 Å². The number of aromatic nitrogens is 4. The van der Waals surface area contributed by atoms with Crippen LogP contribution < -0.4 is 10.6 Å². The standard InChI is InChI=1S/C14H14N6O4S/c1-20-8-16-19-14(20)25-6-4-15-11(21)9-7-24-13(17-9)18-12(22)10-3-2-5-23-10/h2-3,5,7-8H,4,6H2,1H3,(H,15,21)(H,17,18,22). The molecule has 0 aliphatic heterocycles. The van der Waals surface area contributed by atoms with Gasteiger partial charge in [-0.3, -0.25) is 14.9 Å². The van der Waals surface area contributed by atoms with E-state index in [0.717, 1.165) is 5.16 Å². The first-order chi connectivity index (χ1) is 12.1. The van der Waals surface area contributed by atoms with Crippen LogP contribution in [0.3, 0.4) is 0 Å². The molecule has 2 amide bonds. The van der Waals surface area contributed by atoms with Gasteiger partial charge in [-0.15, -0.1) is 10.2 Å². The quantitative estimate of drug-likeness (QED) is 0.473. The molecule has 0 spiro atoms. The molecule has 3 heterocycles. The second-order valence-corrected chi connectivity index (χ2v) is 5.86. The molecule has 0 fully saturated rings. The molecule has 0 saturated carbocycles. The van der Waals surface area contributed by atoms with Gasteiger partial charge >= 0.3 is 6.01 Å². The van der Waals surface area contributed by atoms with Gasteiger partial charge in [-0.1, -0.05) is 11.8 Å². The van der Waals surface area contributed by atoms with E-state index in [4.69, 9.17) is 8.83 Å². The van der Waals surface area contributed by atoms with Crippen LogP contribution in [0.4, 0.5) is 6.01 Å². The van der Waals surface area contributed by atoms with Crippen LogP contribution in [-0.2, 0) is 7.05 Å². The second kappa shape index (κ2) is 7.66. The van der Waals surface area contributed by atoms with Crippen LogP contribution >= 0.6 is 11.8 Å². The summed E-state index contributed by atoms with van der Waals surface area (Å²) < 4.78 is 11.8. The Hall–Kier alpha value is -3.08. The van der Waals surface area contributed by atoms with E-state index in [-0.39, 0.29) is 17.5 Å². The third-order valence-electron chi connectivity index (χ3n) is 2.99. The molecule has 25 heavy (non-hydrogen) atoms. The molecule has 2 N–H and O–H groups in total. The highest BCUT2D eigenvalue weighted by molar-refractivity contribution is 7.99. The van der Waals surface area contributed by atoms with E-state index in [1.807, 2.05) is 7.05 Å². The lowest BCUT2D eigenvalue weighted by Crippen LogP contribution is -2.26. The zero-order valence-electron chi connectivity index (χ0n) is 13.1. The summed E-state index contributed by atoms with van der Waals surface area (Å²) in [6.07, 6.45) is 4.15. The number of nitrogens with one attached hydrogen (secondary N) is 2. The highest BCUT2D eigenvalue weighted by atomic mass is 32.2. The molecule has 0 aromatic carbocycles. The van der Waals surface area contributed by atoms with Crippen molar-refractivity contribution in [1.29, 1.82) is 0 Å². The molecule has 0 radical (unpaired) electrons. The fourth-order valence-electron chi connectivity index (χ4n) is 1.80. The maximum Gasteiger partial charge on any atom is 0.302 e. The number of carbonyl (C=O) groups is 2. The molecular weight excluding hydrogens is 348 g/mol. The number of aryl methyl sites for hydroxylation is 1. The van der Waals surface area contributed by atoms with Gasteiger partial charge < -0.3 is 18.7 Å². The third kappa shape index (κ3) is 4.26. The lowest BCUT2D eigenvalue weighted by atomic mass is 10.4. The van der Waals surface area contributed by atoms with Crippen molar-refractivity contribution in [2.24, 2.45) is 7.05 Å². The zero-order valence-corrected chi connectivity index (χ0v) is 13.9. The smallest absolute Gasteiger partial charge is 0.302 e. The summed E-state index contributed by atoms with van der Waals surface area (Å²) in [6.45, 7) is 0.414. The zero-order chi connectivity index (χ0) is 17.6. The molecule has 0 aliphatic carbocycles. The predicted octanol–water partition coefficient (Wildman–Crippen LogP) is 1.17. The van der Waals surface area contributed by atoms with Crippen LogP contribution in [0.15, 0.2) is 45.0 Å². The van der Waals surface area contributed by atoms with Gasteiger partial charge in [-0.2, -0.15) is 4.98 Å². The summed E-state index contributed by atoms with van der Waals surface area (Å²) in [4.78, 5) is 27.7. The van der Waals surface area contributed by atoms with E-state index in [1.165, 1.54) is 30.4 Å². The Balaban J connectivity index is 1.46. The minimum absolute atomic E-state index is 0.0680. The average molecular weight is 362 g/mol. The topological polar surface area (TPSA) is 128 Å². The number of furan rings is 1. The van der Waals surface area contributed by atoms with Gasteiger partial charge in [-0.25, -0.2) is 0 Å². The maximum atomic E-state index is 12.0. The average Bonchev–Trinajstić information content (AvgIpc) is 3.33. The molecule has 0 aliphatic rings. The van der Waals surface area contributed by atoms with E-state index < -0.39 is 11.8 Å². The van der Waals surface area contributed by atoms with Crippen molar-refractivity contribution in [3.63, 3.8) is 0 Å². The summed E-state index contributed by atoms with van der Waals surface area (Å²) in [7, 11) is 1.84. The van der Waals surface area contributed by atoms with Crippen LogP contribution in [0, 0.1) is 0 Å². The van der Waals surface area contributed by atoms with E-state index in [2.05, 4.69) is 25.8 Å². The lowest BCUT2D eigenvalue weighted by Gasteiger charge is -2.02. The normalized spacial score (nSPS) is 10.6. The number of thioether (sulfide) groups is 1. The molecule has 0 saturated heterocycles. The minimum Gasteiger partial charge on any atom is -0.459 e. The van der Waals surface area contributed by atoms with Crippen LogP contribution in [-0.4, -0.2) is 43.9 Å². The molecule has 130 valence electrons. The highest BCUT2D eigenvalue weighted by Crippen LogP contribution is 2.12. The van der Waals surface area contributed by atoms with Gasteiger partial charge in [0.05, 0.1) is 6.26 Å². The van der Waals surface area contributed by atoms with E-state index in [0.29, 0.717) is 12.3 Å². The largest absolute Gasteiger partial charge is 0.459 e. The van der Waals surface area contributed by atoms with Gasteiger partial charge in [0.15, 0.2) is 16.6 Å². The Bertz CT molecular complexity index is 856. The molecule has 3 aromatic rings. The molecule has 0 bridgehead atoms. The maximum absolute atomic E-state index is 12.0. The highest BCUT2D eigenvalue weighted by Gasteiger charge is 2.15. The van der Waals surface area contributed by atoms with Gasteiger partial charge in [0.25, 0.3) is 11.8 Å². The van der Waals surface area contributed by atoms with E-state index in [1.54, 1.807) is 17.0 Å². The van der Waals surface area contributed by atoms with Crippen molar-refractivity contribution in [1.82, 2.24) is 25.1 Å². The number of hydrogen-bond donors (Lipinski definition) is 2. The molecule has 3 rings (SSSR count). The van der Waals surface area contributed by atoms with E-state index >= 15 is 0 Å². The minimum atomic E-state index is -0.515. The number of nitrogens with zero attached hydrogens (tertiary/aromatic N) is 4. The van der Waals surface area contributed by atoms with Crippen molar-refractivity contribution in [3.05, 3.63) is 42.4 Å². The number of anilines is 1. The molecule has 0 unspecified atom stereocenters. The summed E-state index contributed by atoms with van der Waals surface area (Å²) in [5.41, 5.74) is 0.0680. The second-order valence-electron chi connectivity index (χ2n) is 4.80. The first kappa shape index (κ1) is 16.8. The Kier molecular flexibility index (Phi) is 5.14. The molecular formula is C14H14N6O4S. The van der Waals surface area contributed by atoms with Crippen molar-refractivity contribution >= 4 is 29.6 Å². The number of oxazole rings is 1. The SMILES string of the molecule is Cn1cnnc1SCCNC(=O)c1coc(NC(=O)c2ccco2)n1. The molecule has 3 aromatic heterocycles. The van der Waals surface area contributed by atoms with Crippen molar-refractivity contribution in [2.75, 3.05) is 17.6 Å². The third-order valence-corrected chi connectivity index (χ3v) is 4.03. The van der Waals surface area contributed by atoms with Crippen molar-refractivity contribution < 1.29 is 18.4 Å². The first-order valence-corrected chi connectivity index (χ1v) is 8.17. The summed E-state index contributed by atoms with van der Waals surface area (Å²) in [6, 6.07) is 3.00. The van der Waals surface area contributed by atoms with Gasteiger partial charge in [0, 0.05) is 19.3 Å². The number of carbonyl (C=O) groups excluding carboxylic acids is 2. The number of hydrogen-bond acceptors (Lipinski definition) is 8. The summed E-state index contributed by atoms with van der Waals surface area (Å²) in [5.74, 6) is -0.178.